The summed E-state index contributed by atoms with van der Waals surface area (Å²) in [5, 5.41) is 7.21. The fraction of sp³-hybridized carbons (Fsp3) is 0.333. The van der Waals surface area contributed by atoms with Gasteiger partial charge in [0.25, 0.3) is 0 Å². The Labute approximate surface area is 292 Å². The monoisotopic (exact) mass is 690 g/mol. The van der Waals surface area contributed by atoms with Crippen molar-refractivity contribution < 1.29 is 19.3 Å². The van der Waals surface area contributed by atoms with Gasteiger partial charge < -0.3 is 10.6 Å². The number of pyridine rings is 2. The van der Waals surface area contributed by atoms with Crippen molar-refractivity contribution in [1.82, 2.24) is 31.1 Å². The van der Waals surface area contributed by atoms with Crippen LogP contribution in [0.5, 0.6) is 0 Å². The summed E-state index contributed by atoms with van der Waals surface area (Å²) in [6, 6.07) is 26.6. The van der Waals surface area contributed by atoms with Gasteiger partial charge in [-0.3, -0.25) is 19.6 Å². The Morgan fingerprint density at radius 3 is 1.69 bits per heavy atom. The lowest BCUT2D eigenvalue weighted by Gasteiger charge is -2.29. The van der Waals surface area contributed by atoms with Crippen LogP contribution in [-0.2, 0) is 34.0 Å². The summed E-state index contributed by atoms with van der Waals surface area (Å²) in [6.07, 6.45) is 7.53. The molecule has 0 bridgehead atoms. The fourth-order valence-electron chi connectivity index (χ4n) is 4.31. The molecular formula is C36H46N6O4S2. The van der Waals surface area contributed by atoms with Crippen LogP contribution in [0.15, 0.2) is 107 Å². The van der Waals surface area contributed by atoms with E-state index in [1.807, 2.05) is 132 Å². The Balaban J connectivity index is 0.000000261. The van der Waals surface area contributed by atoms with Crippen LogP contribution in [-0.4, -0.2) is 46.1 Å². The predicted octanol–water partition coefficient (Wildman–Crippen LogP) is 7.67. The van der Waals surface area contributed by atoms with E-state index >= 15 is 0 Å². The molecule has 4 aromatic rings. The molecule has 10 nitrogen and oxygen atoms in total. The smallest absolute Gasteiger partial charge is 0.326 e. The molecule has 2 heterocycles. The van der Waals surface area contributed by atoms with Crippen LogP contribution < -0.4 is 16.1 Å². The van der Waals surface area contributed by atoms with Crippen molar-refractivity contribution in [3.8, 4) is 0 Å². The first-order chi connectivity index (χ1) is 23.0. The average Bonchev–Trinajstić information content (AvgIpc) is 3.09. The van der Waals surface area contributed by atoms with E-state index in [0.717, 1.165) is 32.3 Å². The third-order valence-electron chi connectivity index (χ3n) is 7.05. The van der Waals surface area contributed by atoms with E-state index in [1.54, 1.807) is 35.9 Å². The Morgan fingerprint density at radius 1 is 0.729 bits per heavy atom. The molecule has 4 rings (SSSR count). The van der Waals surface area contributed by atoms with Gasteiger partial charge in [0.15, 0.2) is 0 Å². The van der Waals surface area contributed by atoms with Gasteiger partial charge in [0.2, 0.25) is 0 Å². The third kappa shape index (κ3) is 12.5. The van der Waals surface area contributed by atoms with Crippen LogP contribution in [0.25, 0.3) is 0 Å². The van der Waals surface area contributed by atoms with Crippen molar-refractivity contribution in [2.75, 3.05) is 19.1 Å². The van der Waals surface area contributed by atoms with Crippen LogP contribution in [0.1, 0.15) is 57.1 Å². The SMILES string of the molecule is CCN(OCc1ccccc1)C(=O)NC(C)(C)c1cc(SC)ccn1.CSc1ccnc(C(C)(C)NC(=O)NOCc2ccccc2)c1. The zero-order valence-electron chi connectivity index (χ0n) is 28.7. The Hall–Kier alpha value is -4.10. The number of urea groups is 2. The number of carbonyl (C=O) groups is 2. The molecule has 4 amide bonds. The second-order valence-electron chi connectivity index (χ2n) is 11.6. The molecular weight excluding hydrogens is 645 g/mol. The standard InChI is InChI=1S/C19H25N3O2S.C17H21N3O2S/c1-5-22(24-14-15-9-7-6-8-10-15)18(23)21-19(2,3)17-13-16(25-4)11-12-20-17;1-17(2,15-11-14(23-3)9-10-18-15)19-16(21)20-22-12-13-7-5-4-6-8-13/h6-13H,5,14H2,1-4H3,(H,21,23);4-11H,12H2,1-3H3,(H2,19,20,21). The summed E-state index contributed by atoms with van der Waals surface area (Å²) < 4.78 is 0. The van der Waals surface area contributed by atoms with Crippen molar-refractivity contribution in [2.45, 2.75) is 68.7 Å². The first-order valence-electron chi connectivity index (χ1n) is 15.5. The van der Waals surface area contributed by atoms with Gasteiger partial charge in [0.1, 0.15) is 6.61 Å². The lowest BCUT2D eigenvalue weighted by molar-refractivity contribution is -0.126. The van der Waals surface area contributed by atoms with Gasteiger partial charge in [0.05, 0.1) is 29.1 Å². The fourth-order valence-corrected chi connectivity index (χ4v) is 5.16. The Bertz CT molecular complexity index is 1580. The normalized spacial score (nSPS) is 11.1. The van der Waals surface area contributed by atoms with E-state index in [4.69, 9.17) is 9.68 Å². The number of hydroxylamine groups is 3. The van der Waals surface area contributed by atoms with Crippen molar-refractivity contribution in [3.05, 3.63) is 120 Å². The minimum absolute atomic E-state index is 0.278. The highest BCUT2D eigenvalue weighted by molar-refractivity contribution is 7.98. The maximum atomic E-state index is 12.6. The first kappa shape index (κ1) is 38.3. The first-order valence-corrected chi connectivity index (χ1v) is 17.9. The van der Waals surface area contributed by atoms with Crippen LogP contribution in [0.3, 0.4) is 0 Å². The number of aromatic nitrogens is 2. The molecule has 0 fully saturated rings. The summed E-state index contributed by atoms with van der Waals surface area (Å²) >= 11 is 3.28. The van der Waals surface area contributed by atoms with E-state index in [1.165, 1.54) is 5.06 Å². The molecule has 2 aromatic carbocycles. The van der Waals surface area contributed by atoms with Crippen molar-refractivity contribution in [3.63, 3.8) is 0 Å². The number of nitrogens with zero attached hydrogens (tertiary/aromatic N) is 3. The van der Waals surface area contributed by atoms with Crippen LogP contribution in [0.4, 0.5) is 9.59 Å². The second kappa shape index (κ2) is 19.0. The number of rotatable bonds is 13. The Morgan fingerprint density at radius 2 is 1.21 bits per heavy atom. The number of benzene rings is 2. The summed E-state index contributed by atoms with van der Waals surface area (Å²) in [5.74, 6) is 0. The average molecular weight is 691 g/mol. The van der Waals surface area contributed by atoms with E-state index in [-0.39, 0.29) is 6.03 Å². The number of thioether (sulfide) groups is 2. The zero-order chi connectivity index (χ0) is 35.0. The third-order valence-corrected chi connectivity index (χ3v) is 8.50. The maximum absolute atomic E-state index is 12.6. The van der Waals surface area contributed by atoms with Crippen LogP contribution in [0.2, 0.25) is 0 Å². The number of carbonyl (C=O) groups excluding carboxylic acids is 2. The molecule has 0 spiro atoms. The zero-order valence-corrected chi connectivity index (χ0v) is 30.3. The molecule has 0 saturated carbocycles. The molecule has 48 heavy (non-hydrogen) atoms. The molecule has 0 aliphatic heterocycles. The highest BCUT2D eigenvalue weighted by Gasteiger charge is 2.27. The molecule has 0 unspecified atom stereocenters. The number of hydrogen-bond donors (Lipinski definition) is 3. The largest absolute Gasteiger partial charge is 0.342 e. The van der Waals surface area contributed by atoms with Gasteiger partial charge in [-0.2, -0.15) is 0 Å². The highest BCUT2D eigenvalue weighted by Crippen LogP contribution is 2.24. The number of nitrogens with one attached hydrogen (secondary N) is 3. The molecule has 0 aliphatic carbocycles. The second-order valence-corrected chi connectivity index (χ2v) is 13.4. The minimum atomic E-state index is -0.605. The highest BCUT2D eigenvalue weighted by atomic mass is 32.2. The van der Waals surface area contributed by atoms with E-state index in [9.17, 15) is 9.59 Å². The number of amides is 4. The topological polar surface area (TPSA) is 118 Å². The van der Waals surface area contributed by atoms with Gasteiger partial charge >= 0.3 is 12.1 Å². The van der Waals surface area contributed by atoms with Gasteiger partial charge in [-0.05, 0) is 82.5 Å². The van der Waals surface area contributed by atoms with E-state index in [2.05, 4.69) is 26.1 Å². The van der Waals surface area contributed by atoms with Crippen molar-refractivity contribution in [1.29, 1.82) is 0 Å². The van der Waals surface area contributed by atoms with Gasteiger partial charge in [0, 0.05) is 28.7 Å². The van der Waals surface area contributed by atoms with E-state index < -0.39 is 17.1 Å². The summed E-state index contributed by atoms with van der Waals surface area (Å²) in [4.78, 5) is 46.4. The van der Waals surface area contributed by atoms with E-state index in [0.29, 0.717) is 19.8 Å². The van der Waals surface area contributed by atoms with Gasteiger partial charge in [-0.25, -0.2) is 20.1 Å². The van der Waals surface area contributed by atoms with Crippen LogP contribution in [0, 0.1) is 0 Å². The Kier molecular flexibility index (Phi) is 15.2. The molecule has 2 aromatic heterocycles. The van der Waals surface area contributed by atoms with Crippen molar-refractivity contribution in [2.24, 2.45) is 0 Å². The summed E-state index contributed by atoms with van der Waals surface area (Å²) in [7, 11) is 0. The quantitative estimate of drug-likeness (QED) is 0.0967. The predicted molar refractivity (Wildman–Crippen MR) is 193 cm³/mol. The van der Waals surface area contributed by atoms with Gasteiger partial charge in [-0.1, -0.05) is 60.7 Å². The molecule has 0 atom stereocenters. The lowest BCUT2D eigenvalue weighted by atomic mass is 10.0. The lowest BCUT2D eigenvalue weighted by Crippen LogP contribution is -2.48. The molecule has 12 heteroatoms. The minimum Gasteiger partial charge on any atom is -0.326 e. The molecule has 0 saturated heterocycles. The summed E-state index contributed by atoms with van der Waals surface area (Å²) in [6.45, 7) is 10.7. The number of hydrogen-bond acceptors (Lipinski definition) is 8. The van der Waals surface area contributed by atoms with Crippen LogP contribution >= 0.6 is 23.5 Å². The van der Waals surface area contributed by atoms with Crippen molar-refractivity contribution >= 4 is 35.6 Å². The van der Waals surface area contributed by atoms with Gasteiger partial charge in [-0.15, -0.1) is 23.5 Å². The molecule has 3 N–H and O–H groups in total. The molecule has 256 valence electrons. The maximum Gasteiger partial charge on any atom is 0.342 e. The summed E-state index contributed by atoms with van der Waals surface area (Å²) in [5.41, 5.74) is 4.80. The molecule has 0 radical (unpaired) electrons. The molecule has 0 aliphatic rings.